The van der Waals surface area contributed by atoms with Crippen LogP contribution in [0.1, 0.15) is 18.1 Å². The van der Waals surface area contributed by atoms with Gasteiger partial charge in [0, 0.05) is 17.3 Å². The topological polar surface area (TPSA) is 20.3 Å². The van der Waals surface area contributed by atoms with Crippen LogP contribution in [0.15, 0.2) is 48.5 Å². The fraction of sp³-hybridized carbons (Fsp3) is 0.278. The van der Waals surface area contributed by atoms with E-state index in [1.54, 1.807) is 4.90 Å². The summed E-state index contributed by atoms with van der Waals surface area (Å²) in [6.45, 7) is 4.64. The van der Waals surface area contributed by atoms with E-state index < -0.39 is 0 Å². The number of amides is 1. The smallest absolute Gasteiger partial charge is 0.241 e. The van der Waals surface area contributed by atoms with E-state index in [9.17, 15) is 4.79 Å². The molecule has 0 aliphatic heterocycles. The van der Waals surface area contributed by atoms with Gasteiger partial charge in [-0.3, -0.25) is 4.79 Å². The second kappa shape index (κ2) is 7.80. The van der Waals surface area contributed by atoms with Crippen molar-refractivity contribution in [3.8, 4) is 0 Å². The SMILES string of the molecule is CCN(C(=O)C(Br)Cc1ccccc1Cl)c1cccc(C)c1. The summed E-state index contributed by atoms with van der Waals surface area (Å²) in [6.07, 6.45) is 0.570. The van der Waals surface area contributed by atoms with Crippen LogP contribution < -0.4 is 4.90 Å². The third-order valence-corrected chi connectivity index (χ3v) is 4.60. The summed E-state index contributed by atoms with van der Waals surface area (Å²) in [6, 6.07) is 15.6. The first kappa shape index (κ1) is 17.0. The van der Waals surface area contributed by atoms with E-state index in [0.29, 0.717) is 18.0 Å². The molecule has 2 aromatic carbocycles. The number of nitrogens with zero attached hydrogens (tertiary/aromatic N) is 1. The minimum Gasteiger partial charge on any atom is -0.312 e. The van der Waals surface area contributed by atoms with Crippen molar-refractivity contribution in [1.82, 2.24) is 0 Å². The Morgan fingerprint density at radius 3 is 2.59 bits per heavy atom. The van der Waals surface area contributed by atoms with Crippen LogP contribution >= 0.6 is 27.5 Å². The van der Waals surface area contributed by atoms with Gasteiger partial charge < -0.3 is 4.90 Å². The van der Waals surface area contributed by atoms with Crippen LogP contribution in [0.25, 0.3) is 0 Å². The molecule has 2 aromatic rings. The molecule has 0 heterocycles. The maximum absolute atomic E-state index is 12.7. The van der Waals surface area contributed by atoms with Crippen molar-refractivity contribution in [3.05, 3.63) is 64.7 Å². The summed E-state index contributed by atoms with van der Waals surface area (Å²) < 4.78 is 0. The normalized spacial score (nSPS) is 12.0. The van der Waals surface area contributed by atoms with Gasteiger partial charge >= 0.3 is 0 Å². The molecule has 0 saturated carbocycles. The van der Waals surface area contributed by atoms with Crippen LogP contribution in [0.3, 0.4) is 0 Å². The lowest BCUT2D eigenvalue weighted by Gasteiger charge is -2.24. The minimum absolute atomic E-state index is 0.0491. The Labute approximate surface area is 145 Å². The average Bonchev–Trinajstić information content (AvgIpc) is 2.50. The first-order valence-corrected chi connectivity index (χ1v) is 8.57. The zero-order chi connectivity index (χ0) is 16.1. The van der Waals surface area contributed by atoms with Crippen molar-refractivity contribution in [2.75, 3.05) is 11.4 Å². The van der Waals surface area contributed by atoms with Gasteiger partial charge in [-0.25, -0.2) is 0 Å². The molecule has 0 N–H and O–H groups in total. The lowest BCUT2D eigenvalue weighted by molar-refractivity contribution is -0.117. The summed E-state index contributed by atoms with van der Waals surface area (Å²) >= 11 is 9.70. The lowest BCUT2D eigenvalue weighted by atomic mass is 10.1. The summed E-state index contributed by atoms with van der Waals surface area (Å²) in [5.74, 6) is 0.0491. The van der Waals surface area contributed by atoms with Crippen LogP contribution in [-0.2, 0) is 11.2 Å². The summed E-state index contributed by atoms with van der Waals surface area (Å²) in [5.41, 5.74) is 3.04. The van der Waals surface area contributed by atoms with E-state index in [4.69, 9.17) is 11.6 Å². The van der Waals surface area contributed by atoms with Gasteiger partial charge in [0.25, 0.3) is 0 Å². The van der Waals surface area contributed by atoms with Crippen molar-refractivity contribution in [3.63, 3.8) is 0 Å². The molecule has 0 radical (unpaired) electrons. The Balaban J connectivity index is 2.16. The number of aryl methyl sites for hydroxylation is 1. The molecular weight excluding hydrogens is 362 g/mol. The third-order valence-electron chi connectivity index (χ3n) is 3.52. The number of benzene rings is 2. The Bertz CT molecular complexity index is 659. The first-order chi connectivity index (χ1) is 10.5. The average molecular weight is 381 g/mol. The number of hydrogen-bond donors (Lipinski definition) is 0. The van der Waals surface area contributed by atoms with Crippen molar-refractivity contribution in [2.24, 2.45) is 0 Å². The molecule has 0 aromatic heterocycles. The molecule has 22 heavy (non-hydrogen) atoms. The van der Waals surface area contributed by atoms with E-state index in [0.717, 1.165) is 16.8 Å². The first-order valence-electron chi connectivity index (χ1n) is 7.28. The highest BCUT2D eigenvalue weighted by molar-refractivity contribution is 9.10. The van der Waals surface area contributed by atoms with E-state index in [1.807, 2.05) is 62.4 Å². The standard InChI is InChI=1S/C18H19BrClNO/c1-3-21(15-9-6-7-13(2)11-15)18(22)16(19)12-14-8-4-5-10-17(14)20/h4-11,16H,3,12H2,1-2H3. The summed E-state index contributed by atoms with van der Waals surface area (Å²) in [4.78, 5) is 14.2. The molecule has 1 atom stereocenters. The van der Waals surface area contributed by atoms with E-state index >= 15 is 0 Å². The number of rotatable bonds is 5. The van der Waals surface area contributed by atoms with Gasteiger partial charge in [0.05, 0.1) is 4.83 Å². The largest absolute Gasteiger partial charge is 0.312 e. The van der Waals surface area contributed by atoms with Gasteiger partial charge in [0.2, 0.25) is 5.91 Å². The van der Waals surface area contributed by atoms with Gasteiger partial charge in [-0.05, 0) is 49.6 Å². The fourth-order valence-electron chi connectivity index (χ4n) is 2.37. The molecule has 0 fully saturated rings. The van der Waals surface area contributed by atoms with Crippen LogP contribution in [-0.4, -0.2) is 17.3 Å². The molecule has 0 bridgehead atoms. The van der Waals surface area contributed by atoms with Crippen molar-refractivity contribution in [2.45, 2.75) is 25.1 Å². The van der Waals surface area contributed by atoms with E-state index in [-0.39, 0.29) is 10.7 Å². The number of carbonyl (C=O) groups excluding carboxylic acids is 1. The number of hydrogen-bond acceptors (Lipinski definition) is 1. The van der Waals surface area contributed by atoms with Gasteiger partial charge in [0.1, 0.15) is 0 Å². The number of anilines is 1. The molecule has 2 nitrogen and oxygen atoms in total. The molecule has 1 amide bonds. The fourth-order valence-corrected chi connectivity index (χ4v) is 3.18. The third kappa shape index (κ3) is 4.11. The Hall–Kier alpha value is -1.32. The number of carbonyl (C=O) groups is 1. The number of halogens is 2. The molecule has 2 rings (SSSR count). The Kier molecular flexibility index (Phi) is 6.04. The Morgan fingerprint density at radius 1 is 1.23 bits per heavy atom. The second-order valence-electron chi connectivity index (χ2n) is 5.18. The number of alkyl halides is 1. The zero-order valence-corrected chi connectivity index (χ0v) is 15.1. The predicted molar refractivity (Wildman–Crippen MR) is 97.1 cm³/mol. The molecule has 116 valence electrons. The molecular formula is C18H19BrClNO. The molecule has 1 unspecified atom stereocenters. The van der Waals surface area contributed by atoms with Crippen molar-refractivity contribution in [1.29, 1.82) is 0 Å². The van der Waals surface area contributed by atoms with Crippen molar-refractivity contribution < 1.29 is 4.79 Å². The van der Waals surface area contributed by atoms with Gasteiger partial charge in [-0.15, -0.1) is 0 Å². The molecule has 0 aliphatic rings. The summed E-state index contributed by atoms with van der Waals surface area (Å²) in [7, 11) is 0. The second-order valence-corrected chi connectivity index (χ2v) is 6.70. The zero-order valence-electron chi connectivity index (χ0n) is 12.7. The van der Waals surface area contributed by atoms with Crippen molar-refractivity contribution >= 4 is 39.1 Å². The lowest BCUT2D eigenvalue weighted by Crippen LogP contribution is -2.37. The highest BCUT2D eigenvalue weighted by Crippen LogP contribution is 2.23. The Morgan fingerprint density at radius 2 is 1.95 bits per heavy atom. The maximum atomic E-state index is 12.7. The highest BCUT2D eigenvalue weighted by atomic mass is 79.9. The maximum Gasteiger partial charge on any atom is 0.241 e. The van der Waals surface area contributed by atoms with Gasteiger partial charge in [0.15, 0.2) is 0 Å². The highest BCUT2D eigenvalue weighted by Gasteiger charge is 2.23. The molecule has 0 saturated heterocycles. The van der Waals surface area contributed by atoms with Crippen LogP contribution in [0.5, 0.6) is 0 Å². The van der Waals surface area contributed by atoms with Crippen LogP contribution in [0, 0.1) is 6.92 Å². The quantitative estimate of drug-likeness (QED) is 0.668. The van der Waals surface area contributed by atoms with Gasteiger partial charge in [-0.2, -0.15) is 0 Å². The monoisotopic (exact) mass is 379 g/mol. The predicted octanol–water partition coefficient (Wildman–Crippen LogP) is 5.01. The van der Waals surface area contributed by atoms with E-state index in [2.05, 4.69) is 15.9 Å². The molecule has 0 spiro atoms. The van der Waals surface area contributed by atoms with Gasteiger partial charge in [-0.1, -0.05) is 57.9 Å². The summed E-state index contributed by atoms with van der Waals surface area (Å²) in [5, 5.41) is 0.693. The molecule has 4 heteroatoms. The van der Waals surface area contributed by atoms with E-state index in [1.165, 1.54) is 0 Å². The minimum atomic E-state index is -0.298. The molecule has 0 aliphatic carbocycles. The van der Waals surface area contributed by atoms with Crippen LogP contribution in [0.2, 0.25) is 5.02 Å². The van der Waals surface area contributed by atoms with Crippen LogP contribution in [0.4, 0.5) is 5.69 Å².